The number of hydrogen-bond acceptors (Lipinski definition) is 3. The van der Waals surface area contributed by atoms with Crippen LogP contribution in [-0.4, -0.2) is 17.0 Å². The van der Waals surface area contributed by atoms with E-state index in [2.05, 4.69) is 16.2 Å². The summed E-state index contributed by atoms with van der Waals surface area (Å²) in [5.41, 5.74) is 0. The van der Waals surface area contributed by atoms with Crippen molar-refractivity contribution in [2.24, 2.45) is 47.3 Å². The molecule has 8 bridgehead atoms. The lowest BCUT2D eigenvalue weighted by atomic mass is 9.36. The Morgan fingerprint density at radius 2 is 1.05 bits per heavy atom. The van der Waals surface area contributed by atoms with E-state index in [0.29, 0.717) is 0 Å². The van der Waals surface area contributed by atoms with Crippen LogP contribution in [0.15, 0.2) is 0 Å². The number of hydrogen-bond donors (Lipinski definition) is 1. The van der Waals surface area contributed by atoms with Gasteiger partial charge in [0.25, 0.3) is 0 Å². The van der Waals surface area contributed by atoms with Gasteiger partial charge < -0.3 is 9.40 Å². The molecule has 4 nitrogen and oxygen atoms in total. The third kappa shape index (κ3) is 2.01. The summed E-state index contributed by atoms with van der Waals surface area (Å²) >= 11 is 4.32. The standard InChI is InChI=1S/C14H20.C2HClO4/c1-7-2-12-10-4-8-5-11(9(1)10)13(3-7)14(12)6-8;3-7-2(6)1(4)5/h7-14H,1-6H2;(H,4,5). The Kier molecular flexibility index (Phi) is 3.21. The molecule has 116 valence electrons. The van der Waals surface area contributed by atoms with Crippen molar-refractivity contribution in [3.8, 4) is 0 Å². The van der Waals surface area contributed by atoms with Crippen LogP contribution in [0.5, 0.6) is 0 Å². The Labute approximate surface area is 129 Å². The van der Waals surface area contributed by atoms with Gasteiger partial charge in [0.15, 0.2) is 0 Å². The zero-order valence-corrected chi connectivity index (χ0v) is 12.7. The number of halogens is 1. The molecule has 7 rings (SSSR count). The second-order valence-corrected chi connectivity index (χ2v) is 7.95. The zero-order chi connectivity index (χ0) is 14.7. The van der Waals surface area contributed by atoms with Crippen LogP contribution in [0, 0.1) is 47.3 Å². The summed E-state index contributed by atoms with van der Waals surface area (Å²) in [6.07, 6.45) is 9.93. The van der Waals surface area contributed by atoms with Crippen LogP contribution in [0.4, 0.5) is 0 Å². The van der Waals surface area contributed by atoms with Crippen molar-refractivity contribution in [1.29, 1.82) is 0 Å². The van der Waals surface area contributed by atoms with Gasteiger partial charge in [-0.3, -0.25) is 0 Å². The fourth-order valence-corrected chi connectivity index (χ4v) is 6.99. The molecule has 0 saturated heterocycles. The van der Waals surface area contributed by atoms with E-state index in [-0.39, 0.29) is 0 Å². The predicted molar refractivity (Wildman–Crippen MR) is 75.2 cm³/mol. The van der Waals surface area contributed by atoms with Crippen LogP contribution in [0.1, 0.15) is 38.5 Å². The Bertz CT molecular complexity index is 389. The largest absolute Gasteiger partial charge is 0.473 e. The molecule has 5 heteroatoms. The first-order chi connectivity index (χ1) is 10.1. The maximum absolute atomic E-state index is 9.56. The minimum atomic E-state index is -1.70. The second kappa shape index (κ2) is 4.87. The number of carbonyl (C=O) groups is 2. The van der Waals surface area contributed by atoms with E-state index < -0.39 is 11.9 Å². The lowest BCUT2D eigenvalue weighted by molar-refractivity contribution is -0.202. The highest BCUT2D eigenvalue weighted by Crippen LogP contribution is 2.71. The Morgan fingerprint density at radius 3 is 1.19 bits per heavy atom. The third-order valence-electron chi connectivity index (χ3n) is 7.18. The summed E-state index contributed by atoms with van der Waals surface area (Å²) in [5.74, 6) is 6.57. The fourth-order valence-electron chi connectivity index (χ4n) is 6.92. The average Bonchev–Trinajstić information content (AvgIpc) is 2.51. The van der Waals surface area contributed by atoms with E-state index in [0.717, 1.165) is 0 Å². The molecule has 0 radical (unpaired) electrons. The molecular formula is C16H21ClO4. The van der Waals surface area contributed by atoms with Crippen LogP contribution in [0.2, 0.25) is 0 Å². The van der Waals surface area contributed by atoms with Gasteiger partial charge in [-0.1, -0.05) is 0 Å². The molecular weight excluding hydrogens is 292 g/mol. The van der Waals surface area contributed by atoms with Crippen LogP contribution in [0.3, 0.4) is 0 Å². The van der Waals surface area contributed by atoms with Crippen LogP contribution in [0.25, 0.3) is 0 Å². The average molecular weight is 313 g/mol. The molecule has 0 spiro atoms. The van der Waals surface area contributed by atoms with E-state index in [4.69, 9.17) is 5.11 Å². The van der Waals surface area contributed by atoms with Crippen molar-refractivity contribution in [3.63, 3.8) is 0 Å². The summed E-state index contributed by atoms with van der Waals surface area (Å²) in [7, 11) is 0. The molecule has 21 heavy (non-hydrogen) atoms. The Hall–Kier alpha value is -0.770. The second-order valence-electron chi connectivity index (χ2n) is 7.80. The highest BCUT2D eigenvalue weighted by molar-refractivity contribution is 6.34. The molecule has 0 aliphatic heterocycles. The van der Waals surface area contributed by atoms with Gasteiger partial charge in [0.05, 0.1) is 0 Å². The highest BCUT2D eigenvalue weighted by Gasteiger charge is 2.63. The predicted octanol–water partition coefficient (Wildman–Crippen LogP) is 3.09. The monoisotopic (exact) mass is 312 g/mol. The smallest absolute Gasteiger partial charge is 0.435 e. The fraction of sp³-hybridized carbons (Fsp3) is 0.875. The van der Waals surface area contributed by atoms with Crippen LogP contribution < -0.4 is 0 Å². The minimum absolute atomic E-state index is 1.19. The number of carboxylic acid groups (broad SMARTS) is 1. The molecule has 0 heterocycles. The summed E-state index contributed by atoms with van der Waals surface area (Å²) < 4.78 is 3.25. The SMILES string of the molecule is C1C2CC3C4CC5CC(C14)C(C2)C3C5.O=C(O)C(=O)OCl. The summed E-state index contributed by atoms with van der Waals surface area (Å²) in [6.45, 7) is 0. The van der Waals surface area contributed by atoms with Crippen molar-refractivity contribution < 1.29 is 19.0 Å². The first-order valence-electron chi connectivity index (χ1n) is 8.14. The summed E-state index contributed by atoms with van der Waals surface area (Å²) in [4.78, 5) is 18.9. The maximum Gasteiger partial charge on any atom is 0.435 e. The molecule has 0 aromatic carbocycles. The molecule has 0 unspecified atom stereocenters. The van der Waals surface area contributed by atoms with Crippen molar-refractivity contribution >= 4 is 23.8 Å². The van der Waals surface area contributed by atoms with Gasteiger partial charge in [0, 0.05) is 0 Å². The van der Waals surface area contributed by atoms with Gasteiger partial charge in [-0.25, -0.2) is 9.59 Å². The third-order valence-corrected chi connectivity index (χ3v) is 7.32. The molecule has 7 aliphatic carbocycles. The molecule has 7 aliphatic rings. The molecule has 7 saturated carbocycles. The van der Waals surface area contributed by atoms with Crippen molar-refractivity contribution in [3.05, 3.63) is 0 Å². The van der Waals surface area contributed by atoms with Crippen LogP contribution in [-0.2, 0) is 13.9 Å². The van der Waals surface area contributed by atoms with Gasteiger partial charge in [0.1, 0.15) is 11.9 Å². The number of aliphatic carboxylic acids is 1. The van der Waals surface area contributed by atoms with E-state index in [1.54, 1.807) is 38.5 Å². The van der Waals surface area contributed by atoms with Crippen molar-refractivity contribution in [2.75, 3.05) is 0 Å². The number of carbonyl (C=O) groups excluding carboxylic acids is 1. The molecule has 0 aromatic heterocycles. The van der Waals surface area contributed by atoms with Crippen molar-refractivity contribution in [1.82, 2.24) is 0 Å². The molecule has 1 N–H and O–H groups in total. The topological polar surface area (TPSA) is 63.6 Å². The van der Waals surface area contributed by atoms with Crippen LogP contribution >= 0.6 is 11.9 Å². The molecule has 7 fully saturated rings. The Balaban J connectivity index is 0.000000144. The normalized spacial score (nSPS) is 50.5. The number of rotatable bonds is 0. The zero-order valence-electron chi connectivity index (χ0n) is 11.9. The van der Waals surface area contributed by atoms with Gasteiger partial charge in [-0.05, 0) is 85.9 Å². The lowest BCUT2D eigenvalue weighted by Gasteiger charge is -2.69. The summed E-state index contributed by atoms with van der Waals surface area (Å²) in [5, 5.41) is 7.62. The minimum Gasteiger partial charge on any atom is -0.473 e. The highest BCUT2D eigenvalue weighted by atomic mass is 35.5. The van der Waals surface area contributed by atoms with E-state index >= 15 is 0 Å². The maximum atomic E-state index is 9.56. The van der Waals surface area contributed by atoms with E-state index in [9.17, 15) is 9.59 Å². The first kappa shape index (κ1) is 13.9. The van der Waals surface area contributed by atoms with Crippen molar-refractivity contribution in [2.45, 2.75) is 38.5 Å². The van der Waals surface area contributed by atoms with Gasteiger partial charge in [0.2, 0.25) is 0 Å². The number of carboxylic acids is 1. The molecule has 0 amide bonds. The first-order valence-corrected chi connectivity index (χ1v) is 8.45. The quantitative estimate of drug-likeness (QED) is 0.698. The molecule has 0 atom stereocenters. The lowest BCUT2D eigenvalue weighted by Crippen LogP contribution is -2.62. The van der Waals surface area contributed by atoms with Gasteiger partial charge >= 0.3 is 11.9 Å². The van der Waals surface area contributed by atoms with E-state index in [1.165, 1.54) is 47.3 Å². The molecule has 0 aromatic rings. The van der Waals surface area contributed by atoms with E-state index in [1.807, 2.05) is 0 Å². The Morgan fingerprint density at radius 1 is 0.762 bits per heavy atom. The van der Waals surface area contributed by atoms with Gasteiger partial charge in [-0.15, -0.1) is 0 Å². The van der Waals surface area contributed by atoms with Gasteiger partial charge in [-0.2, -0.15) is 0 Å². The summed E-state index contributed by atoms with van der Waals surface area (Å²) in [6, 6.07) is 0.